The predicted molar refractivity (Wildman–Crippen MR) is 84.0 cm³/mol. The average molecular weight is 375 g/mol. The molecule has 0 radical (unpaired) electrons. The molecule has 5 nitrogen and oxygen atoms in total. The van der Waals surface area contributed by atoms with Crippen LogP contribution < -0.4 is 5.32 Å². The Balaban J connectivity index is 2.42. The number of benzene rings is 1. The van der Waals surface area contributed by atoms with Crippen LogP contribution in [0.25, 0.3) is 0 Å². The van der Waals surface area contributed by atoms with Crippen molar-refractivity contribution in [2.45, 2.75) is 0 Å². The van der Waals surface area contributed by atoms with Gasteiger partial charge in [-0.1, -0.05) is 0 Å². The Morgan fingerprint density at radius 1 is 1.11 bits per heavy atom. The molecule has 0 bridgehead atoms. The second-order valence-electron chi connectivity index (χ2n) is 4.52. The summed E-state index contributed by atoms with van der Waals surface area (Å²) in [6, 6.07) is 7.56. The molecule has 1 N–H and O–H groups in total. The number of carbonyl (C=O) groups excluding carboxylic acids is 2. The van der Waals surface area contributed by atoms with Crippen molar-refractivity contribution in [1.82, 2.24) is 9.80 Å². The third kappa shape index (κ3) is 6.02. The number of halogens is 1. The molecular weight excluding hydrogens is 357 g/mol. The number of hydrogen-bond donors (Lipinski definition) is 1. The maximum Gasteiger partial charge on any atom is 0.238 e. The van der Waals surface area contributed by atoms with Crippen LogP contribution in [-0.2, 0) is 9.59 Å². The van der Waals surface area contributed by atoms with Crippen LogP contribution in [0.5, 0.6) is 0 Å². The molecule has 0 spiro atoms. The summed E-state index contributed by atoms with van der Waals surface area (Å²) in [5.41, 5.74) is 0.762. The zero-order valence-corrected chi connectivity index (χ0v) is 13.5. The van der Waals surface area contributed by atoms with Gasteiger partial charge in [-0.15, -0.1) is 0 Å². The molecule has 2 amide bonds. The molecule has 0 aromatic heterocycles. The number of likely N-dealkylation sites (N-methyl/N-ethyl adjacent to an activating group) is 2. The highest BCUT2D eigenvalue weighted by atomic mass is 127. The largest absolute Gasteiger partial charge is 0.348 e. The topological polar surface area (TPSA) is 52.7 Å². The Morgan fingerprint density at radius 2 is 1.68 bits per heavy atom. The van der Waals surface area contributed by atoms with E-state index in [9.17, 15) is 9.59 Å². The molecule has 0 aliphatic rings. The van der Waals surface area contributed by atoms with E-state index in [1.807, 2.05) is 24.3 Å². The van der Waals surface area contributed by atoms with Gasteiger partial charge < -0.3 is 10.2 Å². The first-order chi connectivity index (χ1) is 8.88. The smallest absolute Gasteiger partial charge is 0.238 e. The Morgan fingerprint density at radius 3 is 2.21 bits per heavy atom. The van der Waals surface area contributed by atoms with Gasteiger partial charge in [0.05, 0.1) is 13.1 Å². The average Bonchev–Trinajstić information content (AvgIpc) is 2.31. The van der Waals surface area contributed by atoms with E-state index in [0.717, 1.165) is 9.26 Å². The standard InChI is InChI=1S/C13H18IN3O2/c1-16(2)13(19)9-17(3)8-12(18)15-11-6-4-10(14)5-7-11/h4-7H,8-9H2,1-3H3,(H,15,18). The van der Waals surface area contributed by atoms with Crippen molar-refractivity contribution in [2.75, 3.05) is 39.5 Å². The van der Waals surface area contributed by atoms with Crippen LogP contribution in [0.4, 0.5) is 5.69 Å². The second-order valence-corrected chi connectivity index (χ2v) is 5.76. The highest BCUT2D eigenvalue weighted by Crippen LogP contribution is 2.10. The van der Waals surface area contributed by atoms with Gasteiger partial charge in [0.2, 0.25) is 11.8 Å². The van der Waals surface area contributed by atoms with Gasteiger partial charge in [0, 0.05) is 23.4 Å². The first-order valence-corrected chi connectivity index (χ1v) is 6.90. The lowest BCUT2D eigenvalue weighted by molar-refractivity contribution is -0.130. The van der Waals surface area contributed by atoms with Gasteiger partial charge in [0.15, 0.2) is 0 Å². The fourth-order valence-electron chi connectivity index (χ4n) is 1.41. The second kappa shape index (κ2) is 7.44. The molecule has 104 valence electrons. The first-order valence-electron chi connectivity index (χ1n) is 5.82. The summed E-state index contributed by atoms with van der Waals surface area (Å²) in [5.74, 6) is -0.153. The quantitative estimate of drug-likeness (QED) is 0.789. The number of hydrogen-bond acceptors (Lipinski definition) is 3. The predicted octanol–water partition coefficient (Wildman–Crippen LogP) is 1.25. The molecular formula is C13H18IN3O2. The van der Waals surface area contributed by atoms with Crippen molar-refractivity contribution < 1.29 is 9.59 Å². The lowest BCUT2D eigenvalue weighted by atomic mass is 10.3. The van der Waals surface area contributed by atoms with E-state index in [4.69, 9.17) is 0 Å². The molecule has 0 aliphatic carbocycles. The minimum Gasteiger partial charge on any atom is -0.348 e. The zero-order valence-electron chi connectivity index (χ0n) is 11.3. The van der Waals surface area contributed by atoms with Crippen LogP contribution >= 0.6 is 22.6 Å². The highest BCUT2D eigenvalue weighted by molar-refractivity contribution is 14.1. The molecule has 0 saturated heterocycles. The number of rotatable bonds is 5. The maximum absolute atomic E-state index is 11.8. The molecule has 0 atom stereocenters. The van der Waals surface area contributed by atoms with E-state index < -0.39 is 0 Å². The zero-order chi connectivity index (χ0) is 14.4. The van der Waals surface area contributed by atoms with Crippen molar-refractivity contribution >= 4 is 40.1 Å². The van der Waals surface area contributed by atoms with E-state index in [0.29, 0.717) is 0 Å². The molecule has 1 aromatic rings. The number of nitrogens with one attached hydrogen (secondary N) is 1. The van der Waals surface area contributed by atoms with E-state index in [1.165, 1.54) is 4.90 Å². The molecule has 0 aliphatic heterocycles. The Bertz CT molecular complexity index is 446. The van der Waals surface area contributed by atoms with E-state index in [2.05, 4.69) is 27.9 Å². The summed E-state index contributed by atoms with van der Waals surface area (Å²) in [6.45, 7) is 0.415. The summed E-state index contributed by atoms with van der Waals surface area (Å²) < 4.78 is 1.12. The Labute approximate surface area is 127 Å². The molecule has 0 heterocycles. The normalized spacial score (nSPS) is 10.4. The minimum absolute atomic E-state index is 0.0236. The van der Waals surface area contributed by atoms with Crippen molar-refractivity contribution in [2.24, 2.45) is 0 Å². The van der Waals surface area contributed by atoms with Crippen molar-refractivity contribution in [1.29, 1.82) is 0 Å². The van der Waals surface area contributed by atoms with Crippen molar-refractivity contribution in [3.05, 3.63) is 27.8 Å². The Kier molecular flexibility index (Phi) is 6.23. The third-order valence-electron chi connectivity index (χ3n) is 2.45. The molecule has 1 aromatic carbocycles. The van der Waals surface area contributed by atoms with Crippen LogP contribution in [0.3, 0.4) is 0 Å². The first kappa shape index (κ1) is 15.9. The number of anilines is 1. The molecule has 6 heteroatoms. The fraction of sp³-hybridized carbons (Fsp3) is 0.385. The van der Waals surface area contributed by atoms with E-state index >= 15 is 0 Å². The number of carbonyl (C=O) groups is 2. The highest BCUT2D eigenvalue weighted by Gasteiger charge is 2.11. The number of amides is 2. The summed E-state index contributed by atoms with van der Waals surface area (Å²) in [6.07, 6.45) is 0. The molecule has 0 saturated carbocycles. The Hall–Kier alpha value is -1.15. The number of nitrogens with zero attached hydrogens (tertiary/aromatic N) is 2. The lowest BCUT2D eigenvalue weighted by Crippen LogP contribution is -2.38. The van der Waals surface area contributed by atoms with Gasteiger partial charge in [0.1, 0.15) is 0 Å². The summed E-state index contributed by atoms with van der Waals surface area (Å²) in [7, 11) is 5.14. The summed E-state index contributed by atoms with van der Waals surface area (Å²) in [4.78, 5) is 26.5. The molecule has 1 rings (SSSR count). The van der Waals surface area contributed by atoms with Crippen LogP contribution in [-0.4, -0.2) is 55.8 Å². The molecule has 19 heavy (non-hydrogen) atoms. The summed E-state index contributed by atoms with van der Waals surface area (Å²) >= 11 is 2.21. The minimum atomic E-state index is -0.129. The van der Waals surface area contributed by atoms with Crippen LogP contribution in [0.1, 0.15) is 0 Å². The molecule has 0 fully saturated rings. The van der Waals surface area contributed by atoms with Gasteiger partial charge in [0.25, 0.3) is 0 Å². The van der Waals surface area contributed by atoms with Gasteiger partial charge >= 0.3 is 0 Å². The van der Waals surface area contributed by atoms with Crippen molar-refractivity contribution in [3.8, 4) is 0 Å². The van der Waals surface area contributed by atoms with Gasteiger partial charge in [-0.25, -0.2) is 0 Å². The van der Waals surface area contributed by atoms with Gasteiger partial charge in [-0.05, 0) is 53.9 Å². The van der Waals surface area contributed by atoms with Crippen LogP contribution in [0, 0.1) is 3.57 Å². The summed E-state index contributed by atoms with van der Waals surface area (Å²) in [5, 5.41) is 2.79. The van der Waals surface area contributed by atoms with Crippen LogP contribution in [0.2, 0.25) is 0 Å². The maximum atomic E-state index is 11.8. The van der Waals surface area contributed by atoms with E-state index in [1.54, 1.807) is 26.0 Å². The molecule has 0 unspecified atom stereocenters. The third-order valence-corrected chi connectivity index (χ3v) is 3.16. The lowest BCUT2D eigenvalue weighted by Gasteiger charge is -2.18. The van der Waals surface area contributed by atoms with Crippen molar-refractivity contribution in [3.63, 3.8) is 0 Å². The van der Waals surface area contributed by atoms with Crippen LogP contribution in [0.15, 0.2) is 24.3 Å². The van der Waals surface area contributed by atoms with Gasteiger partial charge in [-0.2, -0.15) is 0 Å². The van der Waals surface area contributed by atoms with Gasteiger partial charge in [-0.3, -0.25) is 14.5 Å². The SMILES string of the molecule is CN(CC(=O)Nc1ccc(I)cc1)CC(=O)N(C)C. The van der Waals surface area contributed by atoms with E-state index in [-0.39, 0.29) is 24.9 Å². The fourth-order valence-corrected chi connectivity index (χ4v) is 1.77. The monoisotopic (exact) mass is 375 g/mol.